The van der Waals surface area contributed by atoms with Crippen LogP contribution < -0.4 is 10.9 Å². The van der Waals surface area contributed by atoms with Gasteiger partial charge in [-0.05, 0) is 43.7 Å². The molecule has 6 nitrogen and oxygen atoms in total. The number of nitrogens with one attached hydrogen (secondary N) is 2. The largest absolute Gasteiger partial charge is 0.448 e. The van der Waals surface area contributed by atoms with Gasteiger partial charge in [0.15, 0.2) is 6.10 Å². The zero-order chi connectivity index (χ0) is 20.3. The number of fused-ring (bicyclic) bond motifs is 1. The van der Waals surface area contributed by atoms with Gasteiger partial charge in [0.25, 0.3) is 11.8 Å². The zero-order valence-electron chi connectivity index (χ0n) is 15.1. The standard InChI is InChI=1S/C20H17FN2O4S/c1-11-16-14(21)9-6-10-15(16)28-17(11)20(26)27-12(2)18(24)22-23-19(25)13-7-4-3-5-8-13/h3-10,12H,1-2H3,(H,22,24)(H,23,25)/t12-/m1/s1. The topological polar surface area (TPSA) is 84.5 Å². The van der Waals surface area contributed by atoms with Crippen molar-refractivity contribution >= 4 is 39.2 Å². The highest BCUT2D eigenvalue weighted by molar-refractivity contribution is 7.21. The van der Waals surface area contributed by atoms with E-state index in [0.29, 0.717) is 21.2 Å². The Kier molecular flexibility index (Phi) is 5.70. The molecule has 1 atom stereocenters. The van der Waals surface area contributed by atoms with E-state index in [1.807, 2.05) is 0 Å². The first-order chi connectivity index (χ1) is 13.4. The number of hydrogen-bond acceptors (Lipinski definition) is 5. The molecule has 0 fully saturated rings. The van der Waals surface area contributed by atoms with Crippen LogP contribution in [0.1, 0.15) is 32.5 Å². The Morgan fingerprint density at radius 3 is 2.43 bits per heavy atom. The SMILES string of the molecule is Cc1c(C(=O)O[C@H](C)C(=O)NNC(=O)c2ccccc2)sc2cccc(F)c12. The molecule has 0 saturated carbocycles. The third-order valence-electron chi connectivity index (χ3n) is 4.08. The van der Waals surface area contributed by atoms with Crippen LogP contribution in [0.2, 0.25) is 0 Å². The Morgan fingerprint density at radius 1 is 1.04 bits per heavy atom. The van der Waals surface area contributed by atoms with Crippen molar-refractivity contribution in [1.29, 1.82) is 0 Å². The molecule has 144 valence electrons. The van der Waals surface area contributed by atoms with Crippen molar-refractivity contribution in [1.82, 2.24) is 10.9 Å². The van der Waals surface area contributed by atoms with Crippen molar-refractivity contribution in [3.63, 3.8) is 0 Å². The maximum absolute atomic E-state index is 14.0. The van der Waals surface area contributed by atoms with E-state index in [0.717, 1.165) is 11.3 Å². The molecule has 0 spiro atoms. The lowest BCUT2D eigenvalue weighted by Crippen LogP contribution is -2.46. The lowest BCUT2D eigenvalue weighted by Gasteiger charge is -2.14. The van der Waals surface area contributed by atoms with Crippen molar-refractivity contribution in [2.24, 2.45) is 0 Å². The molecule has 8 heteroatoms. The summed E-state index contributed by atoms with van der Waals surface area (Å²) in [5.41, 5.74) is 5.31. The van der Waals surface area contributed by atoms with Gasteiger partial charge >= 0.3 is 5.97 Å². The monoisotopic (exact) mass is 400 g/mol. The fourth-order valence-electron chi connectivity index (χ4n) is 2.60. The van der Waals surface area contributed by atoms with Crippen molar-refractivity contribution < 1.29 is 23.5 Å². The van der Waals surface area contributed by atoms with Crippen LogP contribution in [0.4, 0.5) is 4.39 Å². The van der Waals surface area contributed by atoms with Crippen molar-refractivity contribution in [2.45, 2.75) is 20.0 Å². The first kappa shape index (κ1) is 19.5. The van der Waals surface area contributed by atoms with Gasteiger partial charge in [-0.1, -0.05) is 24.3 Å². The molecule has 0 radical (unpaired) electrons. The van der Waals surface area contributed by atoms with Gasteiger partial charge in [0.2, 0.25) is 0 Å². The molecular formula is C20H17FN2O4S. The molecule has 1 aromatic heterocycles. The zero-order valence-corrected chi connectivity index (χ0v) is 15.9. The number of hydrazine groups is 1. The lowest BCUT2D eigenvalue weighted by molar-refractivity contribution is -0.129. The molecule has 0 aliphatic heterocycles. The second-order valence-electron chi connectivity index (χ2n) is 6.03. The van der Waals surface area contributed by atoms with E-state index in [9.17, 15) is 18.8 Å². The minimum atomic E-state index is -1.15. The average molecular weight is 400 g/mol. The molecule has 2 aromatic carbocycles. The highest BCUT2D eigenvalue weighted by Gasteiger charge is 2.24. The first-order valence-corrected chi connectivity index (χ1v) is 9.24. The highest BCUT2D eigenvalue weighted by Crippen LogP contribution is 2.33. The van der Waals surface area contributed by atoms with Crippen LogP contribution in [0.15, 0.2) is 48.5 Å². The third kappa shape index (κ3) is 4.01. The number of carbonyl (C=O) groups excluding carboxylic acids is 3. The normalized spacial score (nSPS) is 11.7. The van der Waals surface area contributed by atoms with Gasteiger partial charge in [-0.2, -0.15) is 0 Å². The second kappa shape index (κ2) is 8.18. The number of thiophene rings is 1. The van der Waals surface area contributed by atoms with Crippen LogP contribution in [0.5, 0.6) is 0 Å². The predicted octanol–water partition coefficient (Wildman–Crippen LogP) is 3.36. The molecule has 0 aliphatic rings. The van der Waals surface area contributed by atoms with Gasteiger partial charge in [-0.15, -0.1) is 11.3 Å². The Morgan fingerprint density at radius 2 is 1.75 bits per heavy atom. The van der Waals surface area contributed by atoms with E-state index in [1.165, 1.54) is 13.0 Å². The van der Waals surface area contributed by atoms with Crippen molar-refractivity contribution in [3.8, 4) is 0 Å². The number of ether oxygens (including phenoxy) is 1. The number of benzene rings is 2. The van der Waals surface area contributed by atoms with E-state index in [4.69, 9.17) is 4.74 Å². The summed E-state index contributed by atoms with van der Waals surface area (Å²) in [7, 11) is 0. The minimum Gasteiger partial charge on any atom is -0.448 e. The van der Waals surface area contributed by atoms with E-state index < -0.39 is 29.7 Å². The van der Waals surface area contributed by atoms with Gasteiger partial charge in [0.1, 0.15) is 10.7 Å². The van der Waals surface area contributed by atoms with Crippen LogP contribution in [-0.2, 0) is 9.53 Å². The van der Waals surface area contributed by atoms with Crippen LogP contribution >= 0.6 is 11.3 Å². The molecule has 0 aliphatic carbocycles. The smallest absolute Gasteiger partial charge is 0.349 e. The van der Waals surface area contributed by atoms with Crippen LogP contribution in [0.25, 0.3) is 10.1 Å². The summed E-state index contributed by atoms with van der Waals surface area (Å²) in [6, 6.07) is 12.9. The number of amides is 2. The minimum absolute atomic E-state index is 0.230. The fraction of sp³-hybridized carbons (Fsp3) is 0.150. The Hall–Kier alpha value is -3.26. The summed E-state index contributed by atoms with van der Waals surface area (Å²) in [4.78, 5) is 36.7. The molecular weight excluding hydrogens is 383 g/mol. The molecule has 2 amide bonds. The van der Waals surface area contributed by atoms with Gasteiger partial charge < -0.3 is 4.74 Å². The van der Waals surface area contributed by atoms with E-state index in [2.05, 4.69) is 10.9 Å². The molecule has 0 saturated heterocycles. The van der Waals surface area contributed by atoms with Crippen LogP contribution in [0.3, 0.4) is 0 Å². The number of rotatable bonds is 4. The summed E-state index contributed by atoms with van der Waals surface area (Å²) in [5, 5.41) is 0.367. The molecule has 28 heavy (non-hydrogen) atoms. The average Bonchev–Trinajstić information content (AvgIpc) is 3.04. The van der Waals surface area contributed by atoms with Crippen molar-refractivity contribution in [2.75, 3.05) is 0 Å². The summed E-state index contributed by atoms with van der Waals surface area (Å²) in [6.07, 6.45) is -1.15. The fourth-order valence-corrected chi connectivity index (χ4v) is 3.70. The Labute approximate surface area is 164 Å². The maximum atomic E-state index is 14.0. The molecule has 3 rings (SSSR count). The summed E-state index contributed by atoms with van der Waals surface area (Å²) in [6.45, 7) is 3.01. The maximum Gasteiger partial charge on any atom is 0.349 e. The number of halogens is 1. The molecule has 0 unspecified atom stereocenters. The van der Waals surface area contributed by atoms with Gasteiger partial charge in [-0.3, -0.25) is 20.4 Å². The molecule has 3 aromatic rings. The van der Waals surface area contributed by atoms with Crippen molar-refractivity contribution in [3.05, 3.63) is 70.4 Å². The summed E-state index contributed by atoms with van der Waals surface area (Å²) < 4.78 is 19.8. The lowest BCUT2D eigenvalue weighted by atomic mass is 10.1. The predicted molar refractivity (Wildman–Crippen MR) is 103 cm³/mol. The Balaban J connectivity index is 1.62. The number of esters is 1. The molecule has 0 bridgehead atoms. The number of aryl methyl sites for hydroxylation is 1. The van der Waals surface area contributed by atoms with Gasteiger partial charge in [0.05, 0.1) is 0 Å². The van der Waals surface area contributed by atoms with E-state index in [1.54, 1.807) is 49.4 Å². The quantitative estimate of drug-likeness (QED) is 0.520. The summed E-state index contributed by atoms with van der Waals surface area (Å²) in [5.74, 6) is -2.33. The molecule has 2 N–H and O–H groups in total. The number of carbonyl (C=O) groups is 3. The van der Waals surface area contributed by atoms with Gasteiger partial charge in [-0.25, -0.2) is 9.18 Å². The van der Waals surface area contributed by atoms with Gasteiger partial charge in [0, 0.05) is 15.6 Å². The van der Waals surface area contributed by atoms with E-state index >= 15 is 0 Å². The second-order valence-corrected chi connectivity index (χ2v) is 7.08. The van der Waals surface area contributed by atoms with Crippen LogP contribution in [-0.4, -0.2) is 23.9 Å². The third-order valence-corrected chi connectivity index (χ3v) is 5.31. The summed E-state index contributed by atoms with van der Waals surface area (Å²) >= 11 is 1.10. The van der Waals surface area contributed by atoms with Crippen LogP contribution in [0, 0.1) is 12.7 Å². The highest BCUT2D eigenvalue weighted by atomic mass is 32.1. The Bertz CT molecular complexity index is 1050. The molecule has 1 heterocycles. The first-order valence-electron chi connectivity index (χ1n) is 8.42. The van der Waals surface area contributed by atoms with E-state index in [-0.39, 0.29) is 4.88 Å². The number of hydrogen-bond donors (Lipinski definition) is 2.